The van der Waals surface area contributed by atoms with E-state index in [1.807, 2.05) is 0 Å². The summed E-state index contributed by atoms with van der Waals surface area (Å²) < 4.78 is 60.0. The van der Waals surface area contributed by atoms with Crippen LogP contribution in [0.1, 0.15) is 5.56 Å². The highest BCUT2D eigenvalue weighted by molar-refractivity contribution is 6.36. The lowest BCUT2D eigenvalue weighted by molar-refractivity contribution is -0.138. The summed E-state index contributed by atoms with van der Waals surface area (Å²) in [4.78, 5) is 35.9. The molecule has 10 nitrogen and oxygen atoms in total. The molecule has 4 rings (SSSR count). The summed E-state index contributed by atoms with van der Waals surface area (Å²) in [6.07, 6.45) is -1.37. The quantitative estimate of drug-likeness (QED) is 0.363. The molecule has 0 aliphatic rings. The van der Waals surface area contributed by atoms with E-state index in [9.17, 15) is 27.2 Å². The van der Waals surface area contributed by atoms with Crippen LogP contribution in [0.15, 0.2) is 41.6 Å². The van der Waals surface area contributed by atoms with Gasteiger partial charge >= 0.3 is 6.18 Å². The first-order valence-electron chi connectivity index (χ1n) is 10.0. The van der Waals surface area contributed by atoms with Crippen LogP contribution in [0.3, 0.4) is 0 Å². The van der Waals surface area contributed by atoms with Gasteiger partial charge in [-0.2, -0.15) is 18.2 Å². The third-order valence-corrected chi connectivity index (χ3v) is 5.28. The van der Waals surface area contributed by atoms with E-state index in [2.05, 4.69) is 25.6 Å². The van der Waals surface area contributed by atoms with Crippen molar-refractivity contribution in [2.45, 2.75) is 6.18 Å². The maximum atomic E-state index is 13.2. The summed E-state index contributed by atoms with van der Waals surface area (Å²) in [7, 11) is 2.72. The van der Waals surface area contributed by atoms with Crippen molar-refractivity contribution in [1.29, 1.82) is 0 Å². The zero-order valence-corrected chi connectivity index (χ0v) is 19.3. The van der Waals surface area contributed by atoms with Crippen LogP contribution < -0.4 is 20.9 Å². The molecule has 188 valence electrons. The zero-order chi connectivity index (χ0) is 26.2. The Kier molecular flexibility index (Phi) is 6.54. The average molecular weight is 526 g/mol. The van der Waals surface area contributed by atoms with Crippen molar-refractivity contribution < 1.29 is 27.1 Å². The molecule has 0 saturated carbocycles. The zero-order valence-electron chi connectivity index (χ0n) is 18.5. The van der Waals surface area contributed by atoms with Gasteiger partial charge in [0.15, 0.2) is 18.1 Å². The van der Waals surface area contributed by atoms with Crippen LogP contribution in [-0.2, 0) is 25.1 Å². The fourth-order valence-corrected chi connectivity index (χ4v) is 3.52. The van der Waals surface area contributed by atoms with Crippen molar-refractivity contribution in [2.24, 2.45) is 14.1 Å². The Hall–Kier alpha value is -4.20. The first kappa shape index (κ1) is 24.9. The normalized spacial score (nSPS) is 11.5. The van der Waals surface area contributed by atoms with Gasteiger partial charge in [0, 0.05) is 32.6 Å². The third kappa shape index (κ3) is 4.93. The van der Waals surface area contributed by atoms with E-state index in [0.29, 0.717) is 12.3 Å². The number of ether oxygens (including phenoxy) is 1. The summed E-state index contributed by atoms with van der Waals surface area (Å²) in [6, 6.07) is 3.49. The molecule has 1 amide bonds. The maximum absolute atomic E-state index is 13.2. The van der Waals surface area contributed by atoms with Gasteiger partial charge in [-0.25, -0.2) is 14.4 Å². The molecule has 4 aromatic heterocycles. The molecule has 0 saturated heterocycles. The van der Waals surface area contributed by atoms with Gasteiger partial charge in [-0.15, -0.1) is 0 Å². The Morgan fingerprint density at radius 2 is 1.97 bits per heavy atom. The number of carbonyl (C=O) groups is 1. The lowest BCUT2D eigenvalue weighted by Crippen LogP contribution is -2.23. The standard InChI is InChI=1S/C21H16ClF4N7O3/c1-32-9-10(21(24,25)26)5-12(19(32)35)29-20-31-18-17(33(20)2)16(22)13(8-28-18)36-11-3-4-27-14(6-11)30-15(34)7-23/h3-6,8-9H,7H2,1-2H3,(H,27,30,34)(H,28,29,31). The lowest BCUT2D eigenvalue weighted by atomic mass is 10.2. The highest BCUT2D eigenvalue weighted by atomic mass is 35.5. The van der Waals surface area contributed by atoms with E-state index in [1.165, 1.54) is 43.2 Å². The number of hydrogen-bond donors (Lipinski definition) is 2. The monoisotopic (exact) mass is 525 g/mol. The minimum absolute atomic E-state index is 0.00751. The fourth-order valence-electron chi connectivity index (χ4n) is 3.22. The van der Waals surface area contributed by atoms with E-state index in [1.54, 1.807) is 0 Å². The summed E-state index contributed by atoms with van der Waals surface area (Å²) in [5, 5.41) is 4.92. The Balaban J connectivity index is 1.68. The van der Waals surface area contributed by atoms with Crippen molar-refractivity contribution in [2.75, 3.05) is 17.3 Å². The number of fused-ring (bicyclic) bond motifs is 1. The van der Waals surface area contributed by atoms with Crippen molar-refractivity contribution in [3.8, 4) is 11.5 Å². The number of halogens is 5. The molecule has 0 aliphatic heterocycles. The highest BCUT2D eigenvalue weighted by Crippen LogP contribution is 2.36. The van der Waals surface area contributed by atoms with Gasteiger partial charge in [0.05, 0.1) is 11.8 Å². The Morgan fingerprint density at radius 3 is 2.67 bits per heavy atom. The minimum atomic E-state index is -4.66. The molecule has 0 aliphatic carbocycles. The number of amides is 1. The van der Waals surface area contributed by atoms with Crippen LogP contribution in [0.25, 0.3) is 11.2 Å². The molecule has 0 fully saturated rings. The average Bonchev–Trinajstić information content (AvgIpc) is 3.13. The first-order valence-corrected chi connectivity index (χ1v) is 10.4. The van der Waals surface area contributed by atoms with Crippen LogP contribution in [0.2, 0.25) is 5.02 Å². The number of aryl methyl sites for hydroxylation is 2. The smallest absolute Gasteiger partial charge is 0.417 e. The van der Waals surface area contributed by atoms with Crippen molar-refractivity contribution >= 4 is 46.1 Å². The molecule has 0 radical (unpaired) electrons. The van der Waals surface area contributed by atoms with Gasteiger partial charge in [0.1, 0.15) is 27.8 Å². The predicted octanol–water partition coefficient (Wildman–Crippen LogP) is 4.18. The number of aromatic nitrogens is 5. The van der Waals surface area contributed by atoms with E-state index >= 15 is 0 Å². The van der Waals surface area contributed by atoms with Crippen LogP contribution in [0.5, 0.6) is 11.5 Å². The second-order valence-corrected chi connectivity index (χ2v) is 7.82. The number of carbonyl (C=O) groups excluding carboxylic acids is 1. The number of nitrogens with one attached hydrogen (secondary N) is 2. The predicted molar refractivity (Wildman–Crippen MR) is 122 cm³/mol. The van der Waals surface area contributed by atoms with Gasteiger partial charge in [-0.3, -0.25) is 9.59 Å². The van der Waals surface area contributed by atoms with E-state index in [0.717, 1.165) is 4.57 Å². The summed E-state index contributed by atoms with van der Waals surface area (Å²) >= 11 is 6.50. The number of alkyl halides is 4. The molecule has 4 aromatic rings. The molecule has 0 aromatic carbocycles. The van der Waals surface area contributed by atoms with Gasteiger partial charge < -0.3 is 24.5 Å². The molecule has 36 heavy (non-hydrogen) atoms. The number of hydrogen-bond acceptors (Lipinski definition) is 7. The second-order valence-electron chi connectivity index (χ2n) is 7.44. The Labute approximate surface area is 204 Å². The fraction of sp³-hybridized carbons (Fsp3) is 0.190. The third-order valence-electron chi connectivity index (χ3n) is 4.91. The van der Waals surface area contributed by atoms with Crippen LogP contribution in [-0.4, -0.2) is 36.7 Å². The topological polar surface area (TPSA) is 116 Å². The summed E-state index contributed by atoms with van der Waals surface area (Å²) in [5.74, 6) is -0.535. The molecule has 0 atom stereocenters. The molecule has 2 N–H and O–H groups in total. The molecule has 0 unspecified atom stereocenters. The largest absolute Gasteiger partial charge is 0.454 e. The molecule has 4 heterocycles. The van der Waals surface area contributed by atoms with Crippen molar-refractivity contribution in [1.82, 2.24) is 24.1 Å². The summed E-state index contributed by atoms with van der Waals surface area (Å²) in [6.45, 7) is -1.22. The number of pyridine rings is 3. The minimum Gasteiger partial charge on any atom is -0.454 e. The molecular formula is C21H16ClF4N7O3. The molecule has 0 bridgehead atoms. The Bertz CT molecular complexity index is 1530. The van der Waals surface area contributed by atoms with E-state index in [-0.39, 0.29) is 45.1 Å². The van der Waals surface area contributed by atoms with E-state index < -0.39 is 29.9 Å². The number of rotatable bonds is 6. The molecule has 15 heteroatoms. The van der Waals surface area contributed by atoms with Crippen LogP contribution in [0.4, 0.5) is 35.0 Å². The lowest BCUT2D eigenvalue weighted by Gasteiger charge is -2.12. The van der Waals surface area contributed by atoms with E-state index in [4.69, 9.17) is 16.3 Å². The molecular weight excluding hydrogens is 510 g/mol. The second kappa shape index (κ2) is 9.45. The number of anilines is 3. The first-order chi connectivity index (χ1) is 17.0. The van der Waals surface area contributed by atoms with Gasteiger partial charge in [0.2, 0.25) is 5.95 Å². The van der Waals surface area contributed by atoms with Crippen molar-refractivity contribution in [3.05, 3.63) is 57.7 Å². The van der Waals surface area contributed by atoms with Gasteiger partial charge in [-0.1, -0.05) is 11.6 Å². The number of imidazole rings is 1. The Morgan fingerprint density at radius 1 is 1.22 bits per heavy atom. The van der Waals surface area contributed by atoms with Gasteiger partial charge in [0.25, 0.3) is 11.5 Å². The maximum Gasteiger partial charge on any atom is 0.417 e. The van der Waals surface area contributed by atoms with Crippen LogP contribution in [0, 0.1) is 0 Å². The number of nitrogens with zero attached hydrogens (tertiary/aromatic N) is 5. The molecule has 0 spiro atoms. The highest BCUT2D eigenvalue weighted by Gasteiger charge is 2.32. The van der Waals surface area contributed by atoms with Crippen molar-refractivity contribution in [3.63, 3.8) is 0 Å². The van der Waals surface area contributed by atoms with Gasteiger partial charge in [-0.05, 0) is 12.1 Å². The van der Waals surface area contributed by atoms with Crippen LogP contribution >= 0.6 is 11.6 Å². The SMILES string of the molecule is Cn1cc(C(F)(F)F)cc(Nc2nc3ncc(Oc4ccnc(NC(=O)CF)c4)c(Cl)c3n2C)c1=O. The summed E-state index contributed by atoms with van der Waals surface area (Å²) in [5.41, 5.74) is -1.67.